The number of amides is 1. The SMILES string of the molecule is CCCCCCCCCCCCCCCC(=O)N[C@H](C(O)OP(=O)(O)O)[C@H](O)CCCCCCCCCCCCCCC. The van der Waals surface area contributed by atoms with Crippen molar-refractivity contribution in [1.29, 1.82) is 0 Å². The van der Waals surface area contributed by atoms with Crippen molar-refractivity contribution in [3.05, 3.63) is 0 Å². The molecule has 0 aliphatic rings. The average Bonchev–Trinajstić information content (AvgIpc) is 2.95. The summed E-state index contributed by atoms with van der Waals surface area (Å²) in [5.41, 5.74) is 0. The van der Waals surface area contributed by atoms with Crippen LogP contribution in [0.3, 0.4) is 0 Å². The zero-order valence-corrected chi connectivity index (χ0v) is 28.9. The van der Waals surface area contributed by atoms with Crippen LogP contribution in [0, 0.1) is 0 Å². The van der Waals surface area contributed by atoms with E-state index in [1.54, 1.807) is 0 Å². The molecule has 1 unspecified atom stereocenters. The van der Waals surface area contributed by atoms with Crippen LogP contribution in [0.5, 0.6) is 0 Å². The third kappa shape index (κ3) is 29.9. The maximum Gasteiger partial charge on any atom is 0.471 e. The second-order valence-corrected chi connectivity index (χ2v) is 13.9. The van der Waals surface area contributed by atoms with Crippen molar-refractivity contribution < 1.29 is 33.9 Å². The molecule has 0 saturated carbocycles. The molecule has 43 heavy (non-hydrogen) atoms. The normalized spacial score (nSPS) is 14.1. The van der Waals surface area contributed by atoms with Crippen LogP contribution in [0.4, 0.5) is 0 Å². The number of hydrogen-bond acceptors (Lipinski definition) is 5. The minimum atomic E-state index is -4.98. The number of phosphoric acid groups is 1. The fourth-order valence-corrected chi connectivity index (χ4v) is 6.09. The number of carbonyl (C=O) groups excluding carboxylic acids is 1. The molecule has 3 atom stereocenters. The molecule has 0 aromatic rings. The van der Waals surface area contributed by atoms with Gasteiger partial charge in [-0.05, 0) is 12.8 Å². The van der Waals surface area contributed by atoms with E-state index in [2.05, 4.69) is 23.7 Å². The van der Waals surface area contributed by atoms with E-state index in [9.17, 15) is 19.6 Å². The zero-order chi connectivity index (χ0) is 32.0. The van der Waals surface area contributed by atoms with Gasteiger partial charge in [0, 0.05) is 6.42 Å². The first kappa shape index (κ1) is 42.5. The number of aliphatic hydroxyl groups is 2. The molecule has 0 aromatic heterocycles. The van der Waals surface area contributed by atoms with E-state index >= 15 is 0 Å². The van der Waals surface area contributed by atoms with Gasteiger partial charge in [0.05, 0.1) is 6.10 Å². The van der Waals surface area contributed by atoms with Crippen LogP contribution in [-0.2, 0) is 13.9 Å². The van der Waals surface area contributed by atoms with E-state index in [1.807, 2.05) is 0 Å². The number of rotatable bonds is 33. The second kappa shape index (κ2) is 30.2. The third-order valence-corrected chi connectivity index (χ3v) is 8.90. The summed E-state index contributed by atoms with van der Waals surface area (Å²) in [7, 11) is -4.98. The fraction of sp³-hybridized carbons (Fsp3) is 0.971. The molecule has 0 fully saturated rings. The highest BCUT2D eigenvalue weighted by Gasteiger charge is 2.33. The van der Waals surface area contributed by atoms with Gasteiger partial charge < -0.3 is 25.3 Å². The molecule has 0 radical (unpaired) electrons. The lowest BCUT2D eigenvalue weighted by molar-refractivity contribution is -0.131. The van der Waals surface area contributed by atoms with Crippen molar-refractivity contribution >= 4 is 13.7 Å². The smallest absolute Gasteiger partial charge is 0.391 e. The summed E-state index contributed by atoms with van der Waals surface area (Å²) >= 11 is 0. The first-order chi connectivity index (χ1) is 20.7. The van der Waals surface area contributed by atoms with Crippen LogP contribution in [0.2, 0.25) is 0 Å². The quantitative estimate of drug-likeness (QED) is 0.0275. The number of nitrogens with one attached hydrogen (secondary N) is 1. The minimum Gasteiger partial charge on any atom is -0.391 e. The van der Waals surface area contributed by atoms with E-state index in [1.165, 1.54) is 116 Å². The summed E-state index contributed by atoms with van der Waals surface area (Å²) in [4.78, 5) is 30.8. The predicted molar refractivity (Wildman–Crippen MR) is 178 cm³/mol. The van der Waals surface area contributed by atoms with Gasteiger partial charge in [-0.25, -0.2) is 4.57 Å². The van der Waals surface area contributed by atoms with E-state index in [4.69, 9.17) is 9.79 Å². The molecular formula is C34H70NO7P. The van der Waals surface area contributed by atoms with Gasteiger partial charge in [0.2, 0.25) is 5.91 Å². The molecule has 0 bridgehead atoms. The Morgan fingerprint density at radius 3 is 1.26 bits per heavy atom. The number of unbranched alkanes of at least 4 members (excludes halogenated alkanes) is 24. The Morgan fingerprint density at radius 2 is 0.907 bits per heavy atom. The standard InChI is InChI=1S/C34H70NO7P/c1-3-5-7-9-11-13-15-17-19-21-23-25-27-29-31(36)33(34(38)42-43(39,40)41)35-32(37)30-28-26-24-22-20-18-16-14-12-10-8-6-4-2/h31,33-34,36,38H,3-30H2,1-2H3,(H,35,37)(H2,39,40,41)/t31-,33+,34?/m1/s1. The molecule has 8 nitrogen and oxygen atoms in total. The van der Waals surface area contributed by atoms with Crippen LogP contribution >= 0.6 is 7.82 Å². The van der Waals surface area contributed by atoms with Crippen molar-refractivity contribution in [2.24, 2.45) is 0 Å². The van der Waals surface area contributed by atoms with Gasteiger partial charge in [0.15, 0.2) is 6.29 Å². The number of hydrogen-bond donors (Lipinski definition) is 5. The first-order valence-electron chi connectivity index (χ1n) is 18.1. The molecule has 258 valence electrons. The predicted octanol–water partition coefficient (Wildman–Crippen LogP) is 9.22. The van der Waals surface area contributed by atoms with E-state index < -0.39 is 26.3 Å². The highest BCUT2D eigenvalue weighted by Crippen LogP contribution is 2.38. The van der Waals surface area contributed by atoms with Gasteiger partial charge in [-0.15, -0.1) is 0 Å². The molecular weight excluding hydrogens is 565 g/mol. The number of aliphatic hydroxyl groups excluding tert-OH is 2. The van der Waals surface area contributed by atoms with Crippen molar-refractivity contribution in [2.45, 2.75) is 212 Å². The van der Waals surface area contributed by atoms with Gasteiger partial charge in [0.25, 0.3) is 0 Å². The summed E-state index contributed by atoms with van der Waals surface area (Å²) in [5.74, 6) is -0.356. The topological polar surface area (TPSA) is 136 Å². The molecule has 9 heteroatoms. The van der Waals surface area contributed by atoms with Gasteiger partial charge in [-0.1, -0.05) is 174 Å². The Labute approximate surface area is 264 Å². The van der Waals surface area contributed by atoms with Gasteiger partial charge in [0.1, 0.15) is 6.04 Å². The Morgan fingerprint density at radius 1 is 0.581 bits per heavy atom. The Bertz CT molecular complexity index is 661. The lowest BCUT2D eigenvalue weighted by Crippen LogP contribution is -2.51. The summed E-state index contributed by atoms with van der Waals surface area (Å²) in [5, 5.41) is 23.5. The highest BCUT2D eigenvalue weighted by molar-refractivity contribution is 7.46. The molecule has 0 heterocycles. The second-order valence-electron chi connectivity index (χ2n) is 12.7. The molecule has 0 aromatic carbocycles. The van der Waals surface area contributed by atoms with Crippen LogP contribution < -0.4 is 5.32 Å². The van der Waals surface area contributed by atoms with Crippen LogP contribution in [-0.4, -0.2) is 44.3 Å². The number of carbonyl (C=O) groups is 1. The van der Waals surface area contributed by atoms with Gasteiger partial charge in [-0.2, -0.15) is 0 Å². The minimum absolute atomic E-state index is 0.238. The van der Waals surface area contributed by atoms with E-state index in [-0.39, 0.29) is 12.3 Å². The lowest BCUT2D eigenvalue weighted by atomic mass is 10.0. The van der Waals surface area contributed by atoms with Crippen molar-refractivity contribution in [3.63, 3.8) is 0 Å². The van der Waals surface area contributed by atoms with Crippen molar-refractivity contribution in [1.82, 2.24) is 5.32 Å². The summed E-state index contributed by atoms with van der Waals surface area (Å²) in [6.45, 7) is 4.48. The highest BCUT2D eigenvalue weighted by atomic mass is 31.2. The first-order valence-corrected chi connectivity index (χ1v) is 19.6. The zero-order valence-electron chi connectivity index (χ0n) is 28.0. The van der Waals surface area contributed by atoms with Crippen LogP contribution in [0.15, 0.2) is 0 Å². The molecule has 0 aliphatic carbocycles. The largest absolute Gasteiger partial charge is 0.471 e. The Kier molecular flexibility index (Phi) is 29.8. The van der Waals surface area contributed by atoms with Crippen LogP contribution in [0.25, 0.3) is 0 Å². The molecule has 0 aliphatic heterocycles. The van der Waals surface area contributed by atoms with Gasteiger partial charge >= 0.3 is 7.82 Å². The molecule has 0 rings (SSSR count). The maximum atomic E-state index is 12.5. The molecule has 5 N–H and O–H groups in total. The molecule has 0 saturated heterocycles. The fourth-order valence-electron chi connectivity index (χ4n) is 5.68. The lowest BCUT2D eigenvalue weighted by Gasteiger charge is -2.28. The summed E-state index contributed by atoms with van der Waals surface area (Å²) < 4.78 is 15.7. The number of phosphoric ester groups is 1. The average molecular weight is 636 g/mol. The summed E-state index contributed by atoms with van der Waals surface area (Å²) in [6.07, 6.45) is 28.7. The van der Waals surface area contributed by atoms with Crippen LogP contribution in [0.1, 0.15) is 194 Å². The third-order valence-electron chi connectivity index (χ3n) is 8.41. The van der Waals surface area contributed by atoms with Crippen molar-refractivity contribution in [2.75, 3.05) is 0 Å². The maximum absolute atomic E-state index is 12.5. The van der Waals surface area contributed by atoms with E-state index in [0.29, 0.717) is 19.3 Å². The van der Waals surface area contributed by atoms with E-state index in [0.717, 1.165) is 38.5 Å². The Hall–Kier alpha value is -0.500. The summed E-state index contributed by atoms with van der Waals surface area (Å²) in [6, 6.07) is -1.29. The monoisotopic (exact) mass is 635 g/mol. The Balaban J connectivity index is 4.12. The van der Waals surface area contributed by atoms with Gasteiger partial charge in [-0.3, -0.25) is 9.32 Å². The van der Waals surface area contributed by atoms with Crippen molar-refractivity contribution in [3.8, 4) is 0 Å². The molecule has 1 amide bonds. The molecule has 0 spiro atoms.